The van der Waals surface area contributed by atoms with Crippen LogP contribution in [0, 0.1) is 0 Å². The van der Waals surface area contributed by atoms with Gasteiger partial charge in [0.05, 0.1) is 10.6 Å². The molecule has 0 fully saturated rings. The van der Waals surface area contributed by atoms with Gasteiger partial charge in [-0.2, -0.15) is 16.4 Å². The van der Waals surface area contributed by atoms with Crippen LogP contribution in [0.3, 0.4) is 0 Å². The van der Waals surface area contributed by atoms with Crippen LogP contribution >= 0.6 is 22.7 Å². The van der Waals surface area contributed by atoms with Gasteiger partial charge in [0, 0.05) is 49.1 Å². The van der Waals surface area contributed by atoms with Crippen molar-refractivity contribution in [2.45, 2.75) is 19.4 Å². The number of aromatic nitrogens is 4. The number of amides is 1. The molecular formula is C24H21N5O2S2. The van der Waals surface area contributed by atoms with Gasteiger partial charge in [-0.05, 0) is 35.0 Å². The van der Waals surface area contributed by atoms with Crippen LogP contribution in [-0.4, -0.2) is 37.8 Å². The highest BCUT2D eigenvalue weighted by Crippen LogP contribution is 2.28. The number of rotatable bonds is 8. The number of aryl methyl sites for hydroxylation is 1. The van der Waals surface area contributed by atoms with Crippen LogP contribution in [0.2, 0.25) is 0 Å². The molecule has 0 aliphatic rings. The molecule has 0 bridgehead atoms. The number of benzene rings is 1. The van der Waals surface area contributed by atoms with Gasteiger partial charge in [-0.15, -0.1) is 21.5 Å². The minimum atomic E-state index is 0.00914. The zero-order valence-corrected chi connectivity index (χ0v) is 19.6. The van der Waals surface area contributed by atoms with E-state index < -0.39 is 0 Å². The third-order valence-corrected chi connectivity index (χ3v) is 6.75. The van der Waals surface area contributed by atoms with Gasteiger partial charge in [0.2, 0.25) is 17.7 Å². The molecule has 0 radical (unpaired) electrons. The summed E-state index contributed by atoms with van der Waals surface area (Å²) in [5, 5.41) is 18.9. The topological polar surface area (TPSA) is 77.1 Å². The Morgan fingerprint density at radius 2 is 1.97 bits per heavy atom. The van der Waals surface area contributed by atoms with Crippen LogP contribution < -0.4 is 0 Å². The fourth-order valence-corrected chi connectivity index (χ4v) is 4.84. The third-order valence-electron chi connectivity index (χ3n) is 5.19. The van der Waals surface area contributed by atoms with E-state index >= 15 is 0 Å². The minimum absolute atomic E-state index is 0.00914. The van der Waals surface area contributed by atoms with Gasteiger partial charge < -0.3 is 9.32 Å². The molecule has 166 valence electrons. The fraction of sp³-hybridized carbons (Fsp3) is 0.167. The molecule has 33 heavy (non-hydrogen) atoms. The summed E-state index contributed by atoms with van der Waals surface area (Å²) in [5.41, 5.74) is 3.77. The number of thiophene rings is 2. The van der Waals surface area contributed by atoms with Gasteiger partial charge in [0.1, 0.15) is 5.69 Å². The molecule has 4 aromatic heterocycles. The van der Waals surface area contributed by atoms with Crippen molar-refractivity contribution >= 4 is 28.6 Å². The maximum atomic E-state index is 12.8. The van der Waals surface area contributed by atoms with E-state index in [1.54, 1.807) is 27.6 Å². The average Bonchev–Trinajstić information content (AvgIpc) is 3.64. The van der Waals surface area contributed by atoms with Crippen molar-refractivity contribution in [2.24, 2.45) is 0 Å². The maximum absolute atomic E-state index is 12.8. The van der Waals surface area contributed by atoms with E-state index in [-0.39, 0.29) is 5.91 Å². The van der Waals surface area contributed by atoms with E-state index in [1.165, 1.54) is 0 Å². The first-order chi connectivity index (χ1) is 16.2. The van der Waals surface area contributed by atoms with Crippen LogP contribution in [-0.2, 0) is 17.8 Å². The lowest BCUT2D eigenvalue weighted by atomic mass is 10.2. The molecule has 0 N–H and O–H groups in total. The van der Waals surface area contributed by atoms with Gasteiger partial charge in [-0.3, -0.25) is 4.79 Å². The van der Waals surface area contributed by atoms with E-state index in [0.29, 0.717) is 31.2 Å². The molecule has 7 nitrogen and oxygen atoms in total. The van der Waals surface area contributed by atoms with Gasteiger partial charge in [-0.25, -0.2) is 4.68 Å². The standard InChI is InChI=1S/C24H21N5O2S2/c1-28(22(30)10-9-21-25-26-24(31-21)17-11-13-32-16-17)14-18-15-29(19-6-3-2-4-7-19)27-23(18)20-8-5-12-33-20/h2-8,11-13,15-16H,9-10,14H2,1H3. The average molecular weight is 476 g/mol. The van der Waals surface area contributed by atoms with E-state index in [0.717, 1.165) is 27.4 Å². The minimum Gasteiger partial charge on any atom is -0.421 e. The molecule has 1 amide bonds. The zero-order chi connectivity index (χ0) is 22.6. The van der Waals surface area contributed by atoms with Crippen molar-refractivity contribution in [3.8, 4) is 27.7 Å². The summed E-state index contributed by atoms with van der Waals surface area (Å²) in [7, 11) is 1.81. The summed E-state index contributed by atoms with van der Waals surface area (Å²) in [5.74, 6) is 0.963. The van der Waals surface area contributed by atoms with E-state index in [9.17, 15) is 4.79 Å². The second-order valence-corrected chi connectivity index (χ2v) is 9.25. The molecule has 0 saturated heterocycles. The fourth-order valence-electron chi connectivity index (χ4n) is 3.46. The van der Waals surface area contributed by atoms with Crippen LogP contribution in [0.15, 0.2) is 75.3 Å². The predicted octanol–water partition coefficient (Wildman–Crippen LogP) is 5.30. The molecule has 4 heterocycles. The lowest BCUT2D eigenvalue weighted by Crippen LogP contribution is -2.26. The number of nitrogens with zero attached hydrogens (tertiary/aromatic N) is 5. The van der Waals surface area contributed by atoms with Crippen molar-refractivity contribution in [2.75, 3.05) is 7.05 Å². The van der Waals surface area contributed by atoms with Crippen LogP contribution in [0.1, 0.15) is 17.9 Å². The summed E-state index contributed by atoms with van der Waals surface area (Å²) < 4.78 is 7.57. The quantitative estimate of drug-likeness (QED) is 0.304. The summed E-state index contributed by atoms with van der Waals surface area (Å²) in [6.07, 6.45) is 2.70. The number of carbonyl (C=O) groups excluding carboxylic acids is 1. The molecule has 0 saturated carbocycles. The number of para-hydroxylation sites is 1. The Hall–Kier alpha value is -3.56. The van der Waals surface area contributed by atoms with Crippen LogP contribution in [0.5, 0.6) is 0 Å². The molecule has 9 heteroatoms. The van der Waals surface area contributed by atoms with Crippen molar-refractivity contribution in [3.05, 3.63) is 82.3 Å². The molecule has 0 unspecified atom stereocenters. The highest BCUT2D eigenvalue weighted by atomic mass is 32.1. The van der Waals surface area contributed by atoms with E-state index in [4.69, 9.17) is 9.52 Å². The SMILES string of the molecule is CN(Cc1cn(-c2ccccc2)nc1-c1cccs1)C(=O)CCc1nnc(-c2ccsc2)o1. The smallest absolute Gasteiger partial charge is 0.248 e. The Bertz CT molecular complexity index is 1320. The Kier molecular flexibility index (Phi) is 6.14. The van der Waals surface area contributed by atoms with E-state index in [2.05, 4.69) is 10.2 Å². The van der Waals surface area contributed by atoms with Gasteiger partial charge in [0.15, 0.2) is 0 Å². The number of hydrogen-bond acceptors (Lipinski definition) is 7. The monoisotopic (exact) mass is 475 g/mol. The van der Waals surface area contributed by atoms with Crippen molar-refractivity contribution in [3.63, 3.8) is 0 Å². The van der Waals surface area contributed by atoms with Crippen molar-refractivity contribution in [1.82, 2.24) is 24.9 Å². The molecule has 5 rings (SSSR count). The molecule has 0 atom stereocenters. The third kappa shape index (κ3) is 4.79. The lowest BCUT2D eigenvalue weighted by Gasteiger charge is -2.16. The number of carbonyl (C=O) groups is 1. The largest absolute Gasteiger partial charge is 0.421 e. The number of hydrogen-bond donors (Lipinski definition) is 0. The normalized spacial score (nSPS) is 11.1. The Morgan fingerprint density at radius 1 is 1.09 bits per heavy atom. The predicted molar refractivity (Wildman–Crippen MR) is 129 cm³/mol. The second kappa shape index (κ2) is 9.51. The van der Waals surface area contributed by atoms with Crippen LogP contribution in [0.25, 0.3) is 27.7 Å². The highest BCUT2D eigenvalue weighted by Gasteiger charge is 2.18. The molecule has 0 aliphatic carbocycles. The van der Waals surface area contributed by atoms with E-state index in [1.807, 2.05) is 82.6 Å². The Balaban J connectivity index is 1.28. The van der Waals surface area contributed by atoms with Crippen LogP contribution in [0.4, 0.5) is 0 Å². The lowest BCUT2D eigenvalue weighted by molar-refractivity contribution is -0.130. The maximum Gasteiger partial charge on any atom is 0.248 e. The first kappa shape index (κ1) is 21.3. The highest BCUT2D eigenvalue weighted by molar-refractivity contribution is 7.13. The first-order valence-electron chi connectivity index (χ1n) is 10.4. The molecule has 0 spiro atoms. The Morgan fingerprint density at radius 3 is 2.73 bits per heavy atom. The van der Waals surface area contributed by atoms with Crippen molar-refractivity contribution < 1.29 is 9.21 Å². The summed E-state index contributed by atoms with van der Waals surface area (Å²) in [6, 6.07) is 16.0. The van der Waals surface area contributed by atoms with Gasteiger partial charge in [-0.1, -0.05) is 24.3 Å². The van der Waals surface area contributed by atoms with Crippen molar-refractivity contribution in [1.29, 1.82) is 0 Å². The summed E-state index contributed by atoms with van der Waals surface area (Å²) in [4.78, 5) is 15.6. The molecular weight excluding hydrogens is 454 g/mol. The first-order valence-corrected chi connectivity index (χ1v) is 12.3. The zero-order valence-electron chi connectivity index (χ0n) is 17.9. The molecule has 1 aromatic carbocycles. The molecule has 0 aliphatic heterocycles. The summed E-state index contributed by atoms with van der Waals surface area (Å²) in [6.45, 7) is 0.461. The van der Waals surface area contributed by atoms with Gasteiger partial charge in [0.25, 0.3) is 0 Å². The van der Waals surface area contributed by atoms with Gasteiger partial charge >= 0.3 is 0 Å². The molecule has 5 aromatic rings. The Labute approximate surface area is 198 Å². The second-order valence-electron chi connectivity index (χ2n) is 7.52. The summed E-state index contributed by atoms with van der Waals surface area (Å²) >= 11 is 3.21.